The van der Waals surface area contributed by atoms with E-state index in [2.05, 4.69) is 5.32 Å². The van der Waals surface area contributed by atoms with E-state index >= 15 is 0 Å². The van der Waals surface area contributed by atoms with E-state index in [1.165, 1.54) is 0 Å². The van der Waals surface area contributed by atoms with Gasteiger partial charge in [0, 0.05) is 18.5 Å². The molecule has 1 amide bonds. The van der Waals surface area contributed by atoms with Crippen LogP contribution in [0.1, 0.15) is 32.6 Å². The van der Waals surface area contributed by atoms with Crippen LogP contribution in [0.3, 0.4) is 0 Å². The third-order valence-electron chi connectivity index (χ3n) is 2.50. The van der Waals surface area contributed by atoms with Crippen molar-refractivity contribution in [1.29, 1.82) is 0 Å². The second-order valence-corrected chi connectivity index (χ2v) is 3.93. The number of halogens is 1. The van der Waals surface area contributed by atoms with E-state index in [0.29, 0.717) is 12.5 Å². The second-order valence-electron chi connectivity index (χ2n) is 3.62. The smallest absolute Gasteiger partial charge is 0.249 e. The molecule has 2 unspecified atom stereocenters. The van der Waals surface area contributed by atoms with Gasteiger partial charge in [0.2, 0.25) is 5.91 Å². The maximum Gasteiger partial charge on any atom is 0.249 e. The number of hydrogen-bond acceptors (Lipinski definition) is 2. The van der Waals surface area contributed by atoms with Gasteiger partial charge in [0.15, 0.2) is 0 Å². The highest BCUT2D eigenvalue weighted by Crippen LogP contribution is 2.13. The standard InChI is InChI=1S/C10H18ClNO2/c1-2-8(7-11)12-10(13)9-5-3-4-6-14-9/h8-9H,2-7H2,1H3,(H,12,13). The highest BCUT2D eigenvalue weighted by Gasteiger charge is 2.23. The Kier molecular flexibility index (Phi) is 5.26. The molecule has 14 heavy (non-hydrogen) atoms. The van der Waals surface area contributed by atoms with E-state index in [9.17, 15) is 4.79 Å². The van der Waals surface area contributed by atoms with Crippen molar-refractivity contribution < 1.29 is 9.53 Å². The van der Waals surface area contributed by atoms with E-state index in [1.54, 1.807) is 0 Å². The summed E-state index contributed by atoms with van der Waals surface area (Å²) in [6.45, 7) is 2.71. The van der Waals surface area contributed by atoms with Gasteiger partial charge in [-0.15, -0.1) is 11.6 Å². The number of carbonyl (C=O) groups is 1. The lowest BCUT2D eigenvalue weighted by atomic mass is 10.1. The van der Waals surface area contributed by atoms with Gasteiger partial charge in [0.05, 0.1) is 0 Å². The summed E-state index contributed by atoms with van der Waals surface area (Å²) in [6.07, 6.45) is 3.60. The van der Waals surface area contributed by atoms with Crippen LogP contribution in [-0.2, 0) is 9.53 Å². The van der Waals surface area contributed by atoms with Crippen molar-refractivity contribution in [2.75, 3.05) is 12.5 Å². The highest BCUT2D eigenvalue weighted by atomic mass is 35.5. The first kappa shape index (κ1) is 11.8. The predicted octanol–water partition coefficient (Wildman–Crippen LogP) is 1.69. The van der Waals surface area contributed by atoms with Crippen molar-refractivity contribution in [1.82, 2.24) is 5.32 Å². The van der Waals surface area contributed by atoms with Crippen LogP contribution in [0.2, 0.25) is 0 Å². The average Bonchev–Trinajstić information content (AvgIpc) is 2.26. The van der Waals surface area contributed by atoms with Crippen LogP contribution in [0.4, 0.5) is 0 Å². The minimum Gasteiger partial charge on any atom is -0.368 e. The Labute approximate surface area is 90.1 Å². The molecule has 0 radical (unpaired) electrons. The summed E-state index contributed by atoms with van der Waals surface area (Å²) in [7, 11) is 0. The van der Waals surface area contributed by atoms with Crippen LogP contribution in [0, 0.1) is 0 Å². The molecule has 4 heteroatoms. The lowest BCUT2D eigenvalue weighted by Crippen LogP contribution is -2.44. The Morgan fingerprint density at radius 3 is 2.93 bits per heavy atom. The normalized spacial score (nSPS) is 24.3. The lowest BCUT2D eigenvalue weighted by Gasteiger charge is -2.23. The van der Waals surface area contributed by atoms with Crippen LogP contribution in [-0.4, -0.2) is 30.5 Å². The van der Waals surface area contributed by atoms with Crippen LogP contribution >= 0.6 is 11.6 Å². The van der Waals surface area contributed by atoms with Crippen molar-refractivity contribution >= 4 is 17.5 Å². The predicted molar refractivity (Wildman–Crippen MR) is 56.5 cm³/mol. The Morgan fingerprint density at radius 2 is 2.43 bits per heavy atom. The molecule has 1 aliphatic heterocycles. The molecule has 1 rings (SSSR count). The molecule has 0 bridgehead atoms. The third-order valence-corrected chi connectivity index (χ3v) is 2.87. The van der Waals surface area contributed by atoms with E-state index < -0.39 is 0 Å². The van der Waals surface area contributed by atoms with Crippen molar-refractivity contribution in [3.63, 3.8) is 0 Å². The first-order valence-corrected chi connectivity index (χ1v) is 5.79. The van der Waals surface area contributed by atoms with Gasteiger partial charge in [0.25, 0.3) is 0 Å². The number of carbonyl (C=O) groups excluding carboxylic acids is 1. The summed E-state index contributed by atoms with van der Waals surface area (Å²) in [4.78, 5) is 11.6. The molecule has 1 aliphatic rings. The summed E-state index contributed by atoms with van der Waals surface area (Å²) in [6, 6.07) is 0.0784. The van der Waals surface area contributed by atoms with Crippen LogP contribution in [0.25, 0.3) is 0 Å². The summed E-state index contributed by atoms with van der Waals surface area (Å²) in [5.41, 5.74) is 0. The summed E-state index contributed by atoms with van der Waals surface area (Å²) in [5.74, 6) is 0.465. The molecule has 0 saturated carbocycles. The van der Waals surface area contributed by atoms with E-state index in [1.807, 2.05) is 6.92 Å². The molecule has 1 N–H and O–H groups in total. The summed E-state index contributed by atoms with van der Waals surface area (Å²) >= 11 is 5.70. The van der Waals surface area contributed by atoms with Gasteiger partial charge in [-0.2, -0.15) is 0 Å². The number of amides is 1. The molecule has 1 heterocycles. The van der Waals surface area contributed by atoms with Crippen LogP contribution in [0.15, 0.2) is 0 Å². The monoisotopic (exact) mass is 219 g/mol. The quantitative estimate of drug-likeness (QED) is 0.731. The van der Waals surface area contributed by atoms with Crippen LogP contribution in [0.5, 0.6) is 0 Å². The largest absolute Gasteiger partial charge is 0.368 e. The molecule has 82 valence electrons. The number of ether oxygens (including phenoxy) is 1. The molecule has 0 spiro atoms. The molecule has 0 aliphatic carbocycles. The average molecular weight is 220 g/mol. The number of rotatable bonds is 4. The van der Waals surface area contributed by atoms with Gasteiger partial charge >= 0.3 is 0 Å². The Bertz CT molecular complexity index is 177. The zero-order valence-corrected chi connectivity index (χ0v) is 9.35. The lowest BCUT2D eigenvalue weighted by molar-refractivity contribution is -0.136. The molecule has 0 aromatic rings. The summed E-state index contributed by atoms with van der Waals surface area (Å²) in [5, 5.41) is 2.89. The number of hydrogen-bond donors (Lipinski definition) is 1. The highest BCUT2D eigenvalue weighted by molar-refractivity contribution is 6.18. The van der Waals surface area contributed by atoms with Crippen LogP contribution < -0.4 is 5.32 Å². The van der Waals surface area contributed by atoms with E-state index in [-0.39, 0.29) is 18.1 Å². The van der Waals surface area contributed by atoms with E-state index in [0.717, 1.165) is 25.7 Å². The van der Waals surface area contributed by atoms with Gasteiger partial charge in [-0.05, 0) is 25.7 Å². The second kappa shape index (κ2) is 6.25. The van der Waals surface area contributed by atoms with Crippen molar-refractivity contribution in [2.45, 2.75) is 44.8 Å². The van der Waals surface area contributed by atoms with Gasteiger partial charge < -0.3 is 10.1 Å². The molecule has 2 atom stereocenters. The zero-order valence-electron chi connectivity index (χ0n) is 8.59. The zero-order chi connectivity index (χ0) is 10.4. The van der Waals surface area contributed by atoms with Gasteiger partial charge in [0.1, 0.15) is 6.10 Å². The van der Waals surface area contributed by atoms with Gasteiger partial charge in [-0.3, -0.25) is 4.79 Å². The van der Waals surface area contributed by atoms with Crippen molar-refractivity contribution in [2.24, 2.45) is 0 Å². The van der Waals surface area contributed by atoms with Gasteiger partial charge in [-0.1, -0.05) is 6.92 Å². The molecule has 1 saturated heterocycles. The Hall–Kier alpha value is -0.280. The maximum absolute atomic E-state index is 11.6. The maximum atomic E-state index is 11.6. The first-order valence-electron chi connectivity index (χ1n) is 5.25. The molecular weight excluding hydrogens is 202 g/mol. The molecule has 0 aromatic heterocycles. The fraction of sp³-hybridized carbons (Fsp3) is 0.900. The van der Waals surface area contributed by atoms with Crippen molar-refractivity contribution in [3.8, 4) is 0 Å². The Balaban J connectivity index is 2.32. The summed E-state index contributed by atoms with van der Waals surface area (Å²) < 4.78 is 5.37. The Morgan fingerprint density at radius 1 is 1.64 bits per heavy atom. The molecule has 1 fully saturated rings. The minimum absolute atomic E-state index is 0.00259. The fourth-order valence-corrected chi connectivity index (χ4v) is 1.79. The minimum atomic E-state index is -0.249. The van der Waals surface area contributed by atoms with E-state index in [4.69, 9.17) is 16.3 Å². The topological polar surface area (TPSA) is 38.3 Å². The fourth-order valence-electron chi connectivity index (χ4n) is 1.49. The molecule has 3 nitrogen and oxygen atoms in total. The number of nitrogens with one attached hydrogen (secondary N) is 1. The van der Waals surface area contributed by atoms with Gasteiger partial charge in [-0.25, -0.2) is 0 Å². The first-order chi connectivity index (χ1) is 6.77. The third kappa shape index (κ3) is 3.46. The number of alkyl halides is 1. The molecular formula is C10H18ClNO2. The van der Waals surface area contributed by atoms with Crippen molar-refractivity contribution in [3.05, 3.63) is 0 Å². The SMILES string of the molecule is CCC(CCl)NC(=O)C1CCCCO1. The molecule has 0 aromatic carbocycles.